The van der Waals surface area contributed by atoms with Gasteiger partial charge in [-0.1, -0.05) is 61.1 Å². The first-order valence-electron chi connectivity index (χ1n) is 9.25. The zero-order chi connectivity index (χ0) is 19.5. The van der Waals surface area contributed by atoms with Crippen molar-refractivity contribution < 1.29 is 4.52 Å². The average Bonchev–Trinajstić information content (AvgIpc) is 3.20. The van der Waals surface area contributed by atoms with E-state index < -0.39 is 0 Å². The summed E-state index contributed by atoms with van der Waals surface area (Å²) in [5, 5.41) is 5.15. The van der Waals surface area contributed by atoms with Crippen molar-refractivity contribution in [1.82, 2.24) is 19.7 Å². The van der Waals surface area contributed by atoms with Crippen LogP contribution in [-0.2, 0) is 18.6 Å². The number of aryl methyl sites for hydroxylation is 2. The first kappa shape index (κ1) is 18.4. The van der Waals surface area contributed by atoms with E-state index in [-0.39, 0.29) is 5.56 Å². The minimum atomic E-state index is -0.0752. The maximum atomic E-state index is 13.3. The van der Waals surface area contributed by atoms with Gasteiger partial charge < -0.3 is 4.52 Å². The Kier molecular flexibility index (Phi) is 5.25. The van der Waals surface area contributed by atoms with Crippen molar-refractivity contribution >= 4 is 22.7 Å². The molecule has 0 radical (unpaired) electrons. The van der Waals surface area contributed by atoms with Crippen LogP contribution < -0.4 is 5.56 Å². The number of para-hydroxylation sites is 2. The van der Waals surface area contributed by atoms with Crippen LogP contribution >= 0.6 is 11.8 Å². The molecule has 0 N–H and O–H groups in total. The number of benzene rings is 2. The van der Waals surface area contributed by atoms with Crippen molar-refractivity contribution in [2.75, 3.05) is 0 Å². The molecule has 0 spiro atoms. The molecule has 0 fully saturated rings. The molecule has 0 amide bonds. The molecule has 6 nitrogen and oxygen atoms in total. The van der Waals surface area contributed by atoms with Gasteiger partial charge in [0, 0.05) is 6.42 Å². The molecule has 0 saturated heterocycles. The standard InChI is InChI=1S/C21H20N4O2S/c1-3-14-9-5-8-12-17(14)25-20(26)15-10-6-7-11-16(15)22-21(25)28-13-19-23-18(4-2)24-27-19/h5-12H,3-4,13H2,1-2H3. The van der Waals surface area contributed by atoms with E-state index in [0.29, 0.717) is 33.5 Å². The lowest BCUT2D eigenvalue weighted by molar-refractivity contribution is 0.385. The van der Waals surface area contributed by atoms with Crippen LogP contribution in [0.25, 0.3) is 16.6 Å². The van der Waals surface area contributed by atoms with Gasteiger partial charge in [0.1, 0.15) is 0 Å². The smallest absolute Gasteiger partial charge is 0.266 e. The predicted octanol–water partition coefficient (Wildman–Crippen LogP) is 4.19. The summed E-state index contributed by atoms with van der Waals surface area (Å²) in [4.78, 5) is 22.5. The number of nitrogens with zero attached hydrogens (tertiary/aromatic N) is 4. The lowest BCUT2D eigenvalue weighted by Crippen LogP contribution is -2.22. The van der Waals surface area contributed by atoms with Gasteiger partial charge in [-0.3, -0.25) is 9.36 Å². The Hall–Kier alpha value is -2.93. The van der Waals surface area contributed by atoms with Gasteiger partial charge in [0.05, 0.1) is 22.3 Å². The van der Waals surface area contributed by atoms with Crippen LogP contribution in [0.5, 0.6) is 0 Å². The van der Waals surface area contributed by atoms with E-state index in [1.54, 1.807) is 4.57 Å². The van der Waals surface area contributed by atoms with Crippen LogP contribution in [0.15, 0.2) is 63.0 Å². The van der Waals surface area contributed by atoms with Crippen LogP contribution in [0.2, 0.25) is 0 Å². The summed E-state index contributed by atoms with van der Waals surface area (Å²) in [5.41, 5.74) is 2.55. The van der Waals surface area contributed by atoms with Crippen molar-refractivity contribution in [2.24, 2.45) is 0 Å². The lowest BCUT2D eigenvalue weighted by Gasteiger charge is -2.15. The van der Waals surface area contributed by atoms with Gasteiger partial charge in [-0.15, -0.1) is 0 Å². The monoisotopic (exact) mass is 392 g/mol. The maximum absolute atomic E-state index is 13.3. The molecular formula is C21H20N4O2S. The Bertz CT molecular complexity index is 1180. The van der Waals surface area contributed by atoms with Crippen molar-refractivity contribution in [3.05, 3.63) is 76.2 Å². The molecule has 0 atom stereocenters. The number of thioether (sulfide) groups is 1. The normalized spacial score (nSPS) is 11.2. The fourth-order valence-electron chi connectivity index (χ4n) is 3.07. The number of aromatic nitrogens is 4. The Morgan fingerprint density at radius 2 is 1.79 bits per heavy atom. The zero-order valence-electron chi connectivity index (χ0n) is 15.8. The molecule has 2 aromatic heterocycles. The van der Waals surface area contributed by atoms with Crippen molar-refractivity contribution in [3.8, 4) is 5.69 Å². The van der Waals surface area contributed by atoms with Crippen molar-refractivity contribution in [3.63, 3.8) is 0 Å². The van der Waals surface area contributed by atoms with Crippen molar-refractivity contribution in [1.29, 1.82) is 0 Å². The quantitative estimate of drug-likeness (QED) is 0.362. The third kappa shape index (κ3) is 3.45. The third-order valence-electron chi connectivity index (χ3n) is 4.51. The summed E-state index contributed by atoms with van der Waals surface area (Å²) < 4.78 is 6.99. The molecule has 28 heavy (non-hydrogen) atoms. The summed E-state index contributed by atoms with van der Waals surface area (Å²) in [6.07, 6.45) is 1.54. The highest BCUT2D eigenvalue weighted by Gasteiger charge is 2.16. The highest BCUT2D eigenvalue weighted by molar-refractivity contribution is 7.98. The average molecular weight is 392 g/mol. The second-order valence-corrected chi connectivity index (χ2v) is 7.22. The van der Waals surface area contributed by atoms with E-state index in [2.05, 4.69) is 17.1 Å². The van der Waals surface area contributed by atoms with E-state index >= 15 is 0 Å². The molecular weight excluding hydrogens is 372 g/mol. The van der Waals surface area contributed by atoms with Crippen LogP contribution in [0.4, 0.5) is 0 Å². The van der Waals surface area contributed by atoms with Gasteiger partial charge in [0.15, 0.2) is 11.0 Å². The molecule has 7 heteroatoms. The van der Waals surface area contributed by atoms with E-state index in [1.807, 2.05) is 55.5 Å². The van der Waals surface area contributed by atoms with Gasteiger partial charge >= 0.3 is 0 Å². The molecule has 0 aliphatic rings. The molecule has 0 aliphatic heterocycles. The first-order valence-corrected chi connectivity index (χ1v) is 10.2. The third-order valence-corrected chi connectivity index (χ3v) is 5.43. The molecule has 2 heterocycles. The Morgan fingerprint density at radius 3 is 2.57 bits per heavy atom. The Balaban J connectivity index is 1.84. The number of fused-ring (bicyclic) bond motifs is 1. The van der Waals surface area contributed by atoms with E-state index in [4.69, 9.17) is 9.51 Å². The van der Waals surface area contributed by atoms with Gasteiger partial charge in [-0.25, -0.2) is 4.98 Å². The van der Waals surface area contributed by atoms with Crippen LogP contribution in [0.1, 0.15) is 31.1 Å². The number of hydrogen-bond acceptors (Lipinski definition) is 6. The summed E-state index contributed by atoms with van der Waals surface area (Å²) in [5.74, 6) is 1.65. The lowest BCUT2D eigenvalue weighted by atomic mass is 10.1. The molecule has 0 saturated carbocycles. The SMILES string of the molecule is CCc1noc(CSc2nc3ccccc3c(=O)n2-c2ccccc2CC)n1. The van der Waals surface area contributed by atoms with Crippen LogP contribution in [0.3, 0.4) is 0 Å². The van der Waals surface area contributed by atoms with Gasteiger partial charge in [-0.05, 0) is 30.2 Å². The summed E-state index contributed by atoms with van der Waals surface area (Å²) in [7, 11) is 0. The minimum absolute atomic E-state index is 0.0752. The van der Waals surface area contributed by atoms with E-state index in [1.165, 1.54) is 11.8 Å². The fourth-order valence-corrected chi connectivity index (χ4v) is 3.91. The van der Waals surface area contributed by atoms with Crippen molar-refractivity contribution in [2.45, 2.75) is 37.6 Å². The van der Waals surface area contributed by atoms with E-state index in [0.717, 1.165) is 24.1 Å². The van der Waals surface area contributed by atoms with Gasteiger partial charge in [0.25, 0.3) is 5.56 Å². The Morgan fingerprint density at radius 1 is 1.00 bits per heavy atom. The van der Waals surface area contributed by atoms with Crippen LogP contribution in [0, 0.1) is 0 Å². The molecule has 0 unspecified atom stereocenters. The van der Waals surface area contributed by atoms with Gasteiger partial charge in [0.2, 0.25) is 5.89 Å². The predicted molar refractivity (Wildman–Crippen MR) is 110 cm³/mol. The maximum Gasteiger partial charge on any atom is 0.266 e. The molecule has 0 aliphatic carbocycles. The Labute approximate surface area is 166 Å². The molecule has 4 rings (SSSR count). The summed E-state index contributed by atoms with van der Waals surface area (Å²) in [6.45, 7) is 4.06. The second kappa shape index (κ2) is 7.98. The number of rotatable bonds is 6. The summed E-state index contributed by atoms with van der Waals surface area (Å²) in [6, 6.07) is 15.3. The highest BCUT2D eigenvalue weighted by Crippen LogP contribution is 2.25. The molecule has 2 aromatic carbocycles. The van der Waals surface area contributed by atoms with E-state index in [9.17, 15) is 4.79 Å². The van der Waals surface area contributed by atoms with Crippen LogP contribution in [-0.4, -0.2) is 19.7 Å². The molecule has 142 valence electrons. The molecule has 4 aromatic rings. The zero-order valence-corrected chi connectivity index (χ0v) is 16.6. The highest BCUT2D eigenvalue weighted by atomic mass is 32.2. The summed E-state index contributed by atoms with van der Waals surface area (Å²) >= 11 is 1.42. The molecule has 0 bridgehead atoms. The topological polar surface area (TPSA) is 73.8 Å². The second-order valence-electron chi connectivity index (χ2n) is 6.28. The minimum Gasteiger partial charge on any atom is -0.338 e. The first-order chi connectivity index (χ1) is 13.7. The number of hydrogen-bond donors (Lipinski definition) is 0. The largest absolute Gasteiger partial charge is 0.338 e. The van der Waals surface area contributed by atoms with Gasteiger partial charge in [-0.2, -0.15) is 4.98 Å². The fraction of sp³-hybridized carbons (Fsp3) is 0.238.